The van der Waals surface area contributed by atoms with E-state index in [-0.39, 0.29) is 18.4 Å². The predicted octanol–water partition coefficient (Wildman–Crippen LogP) is 3.18. The Labute approximate surface area is 127 Å². The van der Waals surface area contributed by atoms with E-state index in [2.05, 4.69) is 0 Å². The highest BCUT2D eigenvalue weighted by molar-refractivity contribution is 7.14. The fourth-order valence-corrected chi connectivity index (χ4v) is 3.31. The minimum Gasteiger partial charge on any atom is -0.315 e. The zero-order valence-electron chi connectivity index (χ0n) is 11.8. The molecule has 0 unspecified atom stereocenters. The summed E-state index contributed by atoms with van der Waals surface area (Å²) in [7, 11) is 0. The van der Waals surface area contributed by atoms with Crippen LogP contribution in [0.4, 0.5) is 9.80 Å². The second-order valence-corrected chi connectivity index (χ2v) is 6.00. The van der Waals surface area contributed by atoms with E-state index in [9.17, 15) is 9.59 Å². The van der Waals surface area contributed by atoms with E-state index in [4.69, 9.17) is 0 Å². The third-order valence-electron chi connectivity index (χ3n) is 3.51. The monoisotopic (exact) mass is 300 g/mol. The number of hydrogen-bond donors (Lipinski definition) is 0. The highest BCUT2D eigenvalue weighted by Gasteiger charge is 2.31. The lowest BCUT2D eigenvalue weighted by Crippen LogP contribution is -2.35. The molecule has 4 nitrogen and oxygen atoms in total. The van der Waals surface area contributed by atoms with Gasteiger partial charge in [-0.05, 0) is 23.9 Å². The summed E-state index contributed by atoms with van der Waals surface area (Å²) in [6, 6.07) is 11.0. The largest absolute Gasteiger partial charge is 0.325 e. The van der Waals surface area contributed by atoms with E-state index in [1.54, 1.807) is 33.3 Å². The van der Waals surface area contributed by atoms with Gasteiger partial charge in [0.2, 0.25) is 0 Å². The molecule has 0 N–H and O–H groups in total. The number of nitrogens with zero attached hydrogens (tertiary/aromatic N) is 2. The first kappa shape index (κ1) is 13.8. The minimum absolute atomic E-state index is 0.0202. The average Bonchev–Trinajstić information content (AvgIpc) is 3.07. The van der Waals surface area contributed by atoms with Crippen molar-refractivity contribution in [3.8, 4) is 0 Å². The topological polar surface area (TPSA) is 40.6 Å². The van der Waals surface area contributed by atoms with Crippen molar-refractivity contribution in [3.63, 3.8) is 0 Å². The molecule has 1 aromatic heterocycles. The molecule has 3 rings (SSSR count). The zero-order valence-corrected chi connectivity index (χ0v) is 12.6. The molecule has 21 heavy (non-hydrogen) atoms. The van der Waals surface area contributed by atoms with Crippen molar-refractivity contribution in [3.05, 3.63) is 52.9 Å². The van der Waals surface area contributed by atoms with E-state index < -0.39 is 0 Å². The van der Waals surface area contributed by atoms with Crippen LogP contribution in [0, 0.1) is 6.92 Å². The normalized spacial score (nSPS) is 14.8. The number of benzene rings is 1. The van der Waals surface area contributed by atoms with E-state index in [0.717, 1.165) is 10.6 Å². The standard InChI is InChI=1S/C16H16N2O2S/c1-12-9-15(21-11-12)18-8-7-17(16(18)20)10-14(19)13-5-3-2-4-6-13/h2-6,9,11H,7-8,10H2,1H3. The number of hydrogen-bond acceptors (Lipinski definition) is 3. The quantitative estimate of drug-likeness (QED) is 0.814. The highest BCUT2D eigenvalue weighted by Crippen LogP contribution is 2.27. The number of carbonyl (C=O) groups excluding carboxylic acids is 2. The molecular weight excluding hydrogens is 284 g/mol. The summed E-state index contributed by atoms with van der Waals surface area (Å²) in [6.45, 7) is 3.39. The summed E-state index contributed by atoms with van der Waals surface area (Å²) >= 11 is 1.56. The van der Waals surface area contributed by atoms with Gasteiger partial charge in [0.1, 0.15) is 0 Å². The van der Waals surface area contributed by atoms with Crippen molar-refractivity contribution in [2.45, 2.75) is 6.92 Å². The van der Waals surface area contributed by atoms with Crippen LogP contribution in [0.5, 0.6) is 0 Å². The molecule has 0 radical (unpaired) electrons. The highest BCUT2D eigenvalue weighted by atomic mass is 32.1. The summed E-state index contributed by atoms with van der Waals surface area (Å²) < 4.78 is 0. The van der Waals surface area contributed by atoms with Crippen LogP contribution in [0.15, 0.2) is 41.8 Å². The van der Waals surface area contributed by atoms with Gasteiger partial charge < -0.3 is 4.90 Å². The van der Waals surface area contributed by atoms with Gasteiger partial charge in [-0.25, -0.2) is 4.79 Å². The third-order valence-corrected chi connectivity index (χ3v) is 4.58. The maximum absolute atomic E-state index is 12.4. The summed E-state index contributed by atoms with van der Waals surface area (Å²) in [4.78, 5) is 27.9. The van der Waals surface area contributed by atoms with Gasteiger partial charge >= 0.3 is 6.03 Å². The van der Waals surface area contributed by atoms with Gasteiger partial charge in [0.05, 0.1) is 11.5 Å². The average molecular weight is 300 g/mol. The smallest absolute Gasteiger partial charge is 0.315 e. The minimum atomic E-state index is -0.0823. The molecule has 2 aromatic rings. The van der Waals surface area contributed by atoms with Crippen LogP contribution in [0.1, 0.15) is 15.9 Å². The van der Waals surface area contributed by atoms with E-state index in [1.165, 1.54) is 0 Å². The number of aryl methyl sites for hydroxylation is 1. The fraction of sp³-hybridized carbons (Fsp3) is 0.250. The van der Waals surface area contributed by atoms with Gasteiger partial charge in [0, 0.05) is 18.7 Å². The Morgan fingerprint density at radius 2 is 2.00 bits per heavy atom. The van der Waals surface area contributed by atoms with Gasteiger partial charge in [-0.2, -0.15) is 0 Å². The Morgan fingerprint density at radius 1 is 1.24 bits per heavy atom. The van der Waals surface area contributed by atoms with Gasteiger partial charge in [0.25, 0.3) is 0 Å². The van der Waals surface area contributed by atoms with Crippen LogP contribution in [0.2, 0.25) is 0 Å². The third kappa shape index (κ3) is 2.83. The lowest BCUT2D eigenvalue weighted by Gasteiger charge is -2.16. The van der Waals surface area contributed by atoms with Crippen molar-refractivity contribution < 1.29 is 9.59 Å². The van der Waals surface area contributed by atoms with Crippen LogP contribution < -0.4 is 4.90 Å². The van der Waals surface area contributed by atoms with Crippen LogP contribution in [-0.2, 0) is 0 Å². The SMILES string of the molecule is Cc1csc(N2CCN(CC(=O)c3ccccc3)C2=O)c1. The number of amides is 2. The molecule has 1 saturated heterocycles. The first-order chi connectivity index (χ1) is 10.1. The zero-order chi connectivity index (χ0) is 14.8. The number of Topliss-reactive ketones (excluding diaryl/α,β-unsaturated/α-hetero) is 1. The maximum atomic E-state index is 12.4. The van der Waals surface area contributed by atoms with Gasteiger partial charge in [-0.3, -0.25) is 9.69 Å². The molecule has 1 aliphatic rings. The Morgan fingerprint density at radius 3 is 2.67 bits per heavy atom. The lowest BCUT2D eigenvalue weighted by molar-refractivity contribution is 0.0955. The van der Waals surface area contributed by atoms with E-state index in [1.807, 2.05) is 36.6 Å². The molecule has 2 heterocycles. The van der Waals surface area contributed by atoms with Crippen LogP contribution in [0.25, 0.3) is 0 Å². The first-order valence-corrected chi connectivity index (χ1v) is 7.73. The van der Waals surface area contributed by atoms with E-state index >= 15 is 0 Å². The molecule has 108 valence electrons. The molecule has 0 bridgehead atoms. The van der Waals surface area contributed by atoms with Crippen LogP contribution >= 0.6 is 11.3 Å². The number of thiophene rings is 1. The second kappa shape index (κ2) is 5.69. The Balaban J connectivity index is 1.68. The molecule has 0 spiro atoms. The molecule has 1 aromatic carbocycles. The summed E-state index contributed by atoms with van der Waals surface area (Å²) in [6.07, 6.45) is 0. The summed E-state index contributed by atoms with van der Waals surface area (Å²) in [5.41, 5.74) is 1.80. The Kier molecular flexibility index (Phi) is 3.75. The van der Waals surface area contributed by atoms with Crippen LogP contribution in [-0.4, -0.2) is 36.3 Å². The van der Waals surface area contributed by atoms with Crippen molar-refractivity contribution in [2.24, 2.45) is 0 Å². The van der Waals surface area contributed by atoms with Gasteiger partial charge in [0.15, 0.2) is 5.78 Å². The number of urea groups is 1. The molecule has 0 atom stereocenters. The molecule has 5 heteroatoms. The Bertz CT molecular complexity index is 666. The summed E-state index contributed by atoms with van der Waals surface area (Å²) in [5.74, 6) is -0.0202. The van der Waals surface area contributed by atoms with Crippen molar-refractivity contribution in [2.75, 3.05) is 24.5 Å². The number of anilines is 1. The second-order valence-electron chi connectivity index (χ2n) is 5.11. The number of carbonyl (C=O) groups is 2. The fourth-order valence-electron chi connectivity index (χ4n) is 2.38. The summed E-state index contributed by atoms with van der Waals surface area (Å²) in [5, 5.41) is 2.98. The van der Waals surface area contributed by atoms with Crippen molar-refractivity contribution in [1.82, 2.24) is 4.90 Å². The van der Waals surface area contributed by atoms with Crippen molar-refractivity contribution in [1.29, 1.82) is 0 Å². The van der Waals surface area contributed by atoms with Crippen molar-refractivity contribution >= 4 is 28.2 Å². The molecular formula is C16H16N2O2S. The molecule has 1 fully saturated rings. The van der Waals surface area contributed by atoms with E-state index in [0.29, 0.717) is 18.7 Å². The molecule has 0 aliphatic carbocycles. The molecule has 2 amide bonds. The Hall–Kier alpha value is -2.14. The first-order valence-electron chi connectivity index (χ1n) is 6.85. The number of rotatable bonds is 4. The maximum Gasteiger partial charge on any atom is 0.325 e. The number of ketones is 1. The van der Waals surface area contributed by atoms with Gasteiger partial charge in [-0.1, -0.05) is 30.3 Å². The predicted molar refractivity (Wildman–Crippen MR) is 84.1 cm³/mol. The molecule has 0 saturated carbocycles. The van der Waals surface area contributed by atoms with Crippen LogP contribution in [0.3, 0.4) is 0 Å². The van der Waals surface area contributed by atoms with Gasteiger partial charge in [-0.15, -0.1) is 11.3 Å². The lowest BCUT2D eigenvalue weighted by atomic mass is 10.1. The molecule has 1 aliphatic heterocycles.